The molecule has 0 heterocycles. The smallest absolute Gasteiger partial charge is 0.328 e. The molecule has 1 rings (SSSR count). The highest BCUT2D eigenvalue weighted by atomic mass is 79.9. The van der Waals surface area contributed by atoms with Gasteiger partial charge in [0.1, 0.15) is 5.75 Å². The molecule has 0 aliphatic heterocycles. The lowest BCUT2D eigenvalue weighted by atomic mass is 10.1. The Bertz CT molecular complexity index is 504. The highest BCUT2D eigenvalue weighted by Gasteiger charge is 2.22. The molecule has 0 aliphatic rings. The fourth-order valence-corrected chi connectivity index (χ4v) is 1.80. The van der Waals surface area contributed by atoms with Crippen molar-refractivity contribution in [3.63, 3.8) is 0 Å². The zero-order valence-electron chi connectivity index (χ0n) is 11.1. The average molecular weight is 346 g/mol. The zero-order chi connectivity index (χ0) is 15.3. The van der Waals surface area contributed by atoms with Crippen molar-refractivity contribution in [2.75, 3.05) is 6.61 Å². The van der Waals surface area contributed by atoms with E-state index in [-0.39, 0.29) is 11.7 Å². The largest absolute Gasteiger partial charge is 0.490 e. The lowest BCUT2D eigenvalue weighted by Crippen LogP contribution is -2.43. The molecule has 0 aromatic heterocycles. The van der Waals surface area contributed by atoms with E-state index in [9.17, 15) is 9.59 Å². The molecule has 1 atom stereocenters. The molecule has 1 unspecified atom stereocenters. The van der Waals surface area contributed by atoms with Crippen molar-refractivity contribution in [3.8, 4) is 5.75 Å². The maximum Gasteiger partial charge on any atom is 0.328 e. The van der Waals surface area contributed by atoms with Crippen molar-refractivity contribution < 1.29 is 24.5 Å². The molecule has 0 saturated carbocycles. The van der Waals surface area contributed by atoms with Gasteiger partial charge < -0.3 is 20.3 Å². The first-order valence-corrected chi connectivity index (χ1v) is 6.75. The molecule has 6 nitrogen and oxygen atoms in total. The van der Waals surface area contributed by atoms with Crippen molar-refractivity contribution in [3.05, 3.63) is 28.2 Å². The molecule has 1 aromatic carbocycles. The third-order valence-corrected chi connectivity index (χ3v) is 2.83. The van der Waals surface area contributed by atoms with Crippen LogP contribution in [-0.2, 0) is 4.79 Å². The number of nitrogens with one attached hydrogen (secondary N) is 1. The van der Waals surface area contributed by atoms with Crippen LogP contribution in [0.3, 0.4) is 0 Å². The van der Waals surface area contributed by atoms with Crippen LogP contribution in [0, 0.1) is 0 Å². The predicted octanol–water partition coefficient (Wildman–Crippen LogP) is 1.41. The van der Waals surface area contributed by atoms with Crippen LogP contribution in [-0.4, -0.2) is 40.8 Å². The molecule has 20 heavy (non-hydrogen) atoms. The van der Waals surface area contributed by atoms with Crippen LogP contribution in [0.1, 0.15) is 24.2 Å². The lowest BCUT2D eigenvalue weighted by molar-refractivity contribution is -0.140. The molecule has 0 spiro atoms. The number of carbonyl (C=O) groups is 2. The molecule has 3 N–H and O–H groups in total. The molecule has 1 aromatic rings. The summed E-state index contributed by atoms with van der Waals surface area (Å²) in [7, 11) is 0. The molecule has 7 heteroatoms. The first-order valence-electron chi connectivity index (χ1n) is 5.96. The highest BCUT2D eigenvalue weighted by molar-refractivity contribution is 9.10. The molecule has 0 bridgehead atoms. The minimum Gasteiger partial charge on any atom is -0.490 e. The van der Waals surface area contributed by atoms with Crippen LogP contribution in [0.25, 0.3) is 0 Å². The number of aliphatic hydroxyl groups excluding tert-OH is 1. The van der Waals surface area contributed by atoms with Crippen molar-refractivity contribution in [1.29, 1.82) is 0 Å². The summed E-state index contributed by atoms with van der Waals surface area (Å²) >= 11 is 3.28. The zero-order valence-corrected chi connectivity index (χ0v) is 12.7. The summed E-state index contributed by atoms with van der Waals surface area (Å²) in [6.45, 7) is 2.95. The topological polar surface area (TPSA) is 95.9 Å². The summed E-state index contributed by atoms with van der Waals surface area (Å²) in [4.78, 5) is 22.9. The van der Waals surface area contributed by atoms with E-state index in [0.29, 0.717) is 5.75 Å². The Kier molecular flexibility index (Phi) is 5.97. The number of halogens is 1. The number of benzene rings is 1. The normalized spacial score (nSPS) is 12.1. The van der Waals surface area contributed by atoms with E-state index in [4.69, 9.17) is 14.9 Å². The van der Waals surface area contributed by atoms with Crippen LogP contribution in [0.4, 0.5) is 0 Å². The van der Waals surface area contributed by atoms with Gasteiger partial charge in [-0.2, -0.15) is 0 Å². The minimum atomic E-state index is -1.35. The van der Waals surface area contributed by atoms with Gasteiger partial charge in [0.25, 0.3) is 5.91 Å². The van der Waals surface area contributed by atoms with E-state index in [1.165, 1.54) is 6.07 Å². The number of carboxylic acid groups (broad SMARTS) is 1. The Balaban J connectivity index is 2.99. The number of carbonyl (C=O) groups excluding carboxylic acids is 1. The average Bonchev–Trinajstić information content (AvgIpc) is 2.34. The third-order valence-electron chi connectivity index (χ3n) is 2.34. The third kappa shape index (κ3) is 4.50. The maximum atomic E-state index is 12.1. The van der Waals surface area contributed by atoms with Crippen molar-refractivity contribution in [2.24, 2.45) is 0 Å². The number of hydrogen-bond acceptors (Lipinski definition) is 4. The second kappa shape index (κ2) is 7.25. The van der Waals surface area contributed by atoms with Gasteiger partial charge in [0.2, 0.25) is 0 Å². The molecular formula is C13H16BrNO5. The second-order valence-corrected chi connectivity index (χ2v) is 5.27. The summed E-state index contributed by atoms with van der Waals surface area (Å²) in [5, 5.41) is 20.0. The summed E-state index contributed by atoms with van der Waals surface area (Å²) in [5.41, 5.74) is 0.210. The highest BCUT2D eigenvalue weighted by Crippen LogP contribution is 2.25. The van der Waals surface area contributed by atoms with E-state index < -0.39 is 24.5 Å². The van der Waals surface area contributed by atoms with Gasteiger partial charge in [0.05, 0.1) is 18.3 Å². The van der Waals surface area contributed by atoms with Crippen LogP contribution < -0.4 is 10.1 Å². The molecule has 0 saturated heterocycles. The Morgan fingerprint density at radius 3 is 2.55 bits per heavy atom. The number of hydrogen-bond donors (Lipinski definition) is 3. The maximum absolute atomic E-state index is 12.1. The van der Waals surface area contributed by atoms with E-state index in [1.807, 2.05) is 13.8 Å². The van der Waals surface area contributed by atoms with Gasteiger partial charge in [0, 0.05) is 4.47 Å². The second-order valence-electron chi connectivity index (χ2n) is 4.35. The van der Waals surface area contributed by atoms with Gasteiger partial charge in [0.15, 0.2) is 6.04 Å². The summed E-state index contributed by atoms with van der Waals surface area (Å²) in [6, 6.07) is 3.45. The summed E-state index contributed by atoms with van der Waals surface area (Å²) in [6.07, 6.45) is -0.135. The van der Waals surface area contributed by atoms with E-state index in [2.05, 4.69) is 21.2 Å². The van der Waals surface area contributed by atoms with E-state index >= 15 is 0 Å². The number of rotatable bonds is 6. The summed E-state index contributed by atoms with van der Waals surface area (Å²) < 4.78 is 6.26. The molecule has 1 amide bonds. The quantitative estimate of drug-likeness (QED) is 0.724. The molecule has 110 valence electrons. The van der Waals surface area contributed by atoms with Gasteiger partial charge in [-0.25, -0.2) is 4.79 Å². The van der Waals surface area contributed by atoms with Crippen LogP contribution in [0.15, 0.2) is 22.7 Å². The van der Waals surface area contributed by atoms with Gasteiger partial charge in [-0.15, -0.1) is 0 Å². The number of aliphatic hydroxyl groups is 1. The van der Waals surface area contributed by atoms with E-state index in [1.54, 1.807) is 12.1 Å². The monoisotopic (exact) mass is 345 g/mol. The number of aliphatic carboxylic acids is 1. The van der Waals surface area contributed by atoms with E-state index in [0.717, 1.165) is 4.47 Å². The number of amides is 1. The number of carboxylic acids is 1. The molecule has 0 fully saturated rings. The van der Waals surface area contributed by atoms with Gasteiger partial charge >= 0.3 is 5.97 Å². The Morgan fingerprint density at radius 2 is 2.05 bits per heavy atom. The number of ether oxygens (including phenoxy) is 1. The molecular weight excluding hydrogens is 330 g/mol. The predicted molar refractivity (Wildman–Crippen MR) is 75.9 cm³/mol. The Labute approximate surface area is 124 Å². The SMILES string of the molecule is CC(C)Oc1cc(Br)ccc1C(=O)NC(CO)C(=O)O. The van der Waals surface area contributed by atoms with Gasteiger partial charge in [-0.1, -0.05) is 15.9 Å². The van der Waals surface area contributed by atoms with Gasteiger partial charge in [-0.05, 0) is 32.0 Å². The lowest BCUT2D eigenvalue weighted by Gasteiger charge is -2.16. The van der Waals surface area contributed by atoms with Crippen molar-refractivity contribution in [2.45, 2.75) is 26.0 Å². The first kappa shape index (κ1) is 16.5. The van der Waals surface area contributed by atoms with Crippen LogP contribution in [0.5, 0.6) is 5.75 Å². The molecule has 0 aliphatic carbocycles. The fraction of sp³-hybridized carbons (Fsp3) is 0.385. The van der Waals surface area contributed by atoms with Gasteiger partial charge in [-0.3, -0.25) is 4.79 Å². The Hall–Kier alpha value is -1.60. The van der Waals surface area contributed by atoms with Crippen molar-refractivity contribution >= 4 is 27.8 Å². The van der Waals surface area contributed by atoms with Crippen LogP contribution in [0.2, 0.25) is 0 Å². The standard InChI is InChI=1S/C13H16BrNO5/c1-7(2)20-11-5-8(14)3-4-9(11)12(17)15-10(6-16)13(18)19/h3-5,7,10,16H,6H2,1-2H3,(H,15,17)(H,18,19). The van der Waals surface area contributed by atoms with Crippen molar-refractivity contribution in [1.82, 2.24) is 5.32 Å². The summed E-state index contributed by atoms with van der Waals surface area (Å²) in [5.74, 6) is -1.58. The molecule has 0 radical (unpaired) electrons. The first-order chi connectivity index (χ1) is 9.35. The minimum absolute atomic E-state index is 0.135. The Morgan fingerprint density at radius 1 is 1.40 bits per heavy atom. The van der Waals surface area contributed by atoms with Crippen LogP contribution >= 0.6 is 15.9 Å². The fourth-order valence-electron chi connectivity index (χ4n) is 1.46.